The second-order valence-electron chi connectivity index (χ2n) is 6.82. The number of hydrogen-bond acceptors (Lipinski definition) is 5. The number of rotatable bonds is 4. The summed E-state index contributed by atoms with van der Waals surface area (Å²) in [5.74, 6) is -0.746. The van der Waals surface area contributed by atoms with E-state index < -0.39 is 17.1 Å². The smallest absolute Gasteiger partial charge is 0.335 e. The molecule has 0 aliphatic carbocycles. The molecule has 4 aromatic rings. The molecule has 0 spiro atoms. The van der Waals surface area contributed by atoms with Gasteiger partial charge in [-0.3, -0.25) is 19.6 Å². The number of aliphatic imine (C=N–C) groups is 1. The third kappa shape index (κ3) is 3.99. The Bertz CT molecular complexity index is 1440. The number of carbonyl (C=O) groups is 1. The Morgan fingerprint density at radius 1 is 1.06 bits per heavy atom. The van der Waals surface area contributed by atoms with Crippen LogP contribution in [0, 0.1) is 0 Å². The summed E-state index contributed by atoms with van der Waals surface area (Å²) in [6.07, 6.45) is 1.18. The van der Waals surface area contributed by atoms with Crippen molar-refractivity contribution in [3.8, 4) is 11.6 Å². The van der Waals surface area contributed by atoms with Crippen LogP contribution >= 0.6 is 0 Å². The van der Waals surface area contributed by atoms with Crippen LogP contribution in [-0.4, -0.2) is 26.8 Å². The molecule has 31 heavy (non-hydrogen) atoms. The summed E-state index contributed by atoms with van der Waals surface area (Å²) in [5.41, 5.74) is -0.269. The van der Waals surface area contributed by atoms with Gasteiger partial charge >= 0.3 is 5.69 Å². The topological polar surface area (TPSA) is 117 Å². The fourth-order valence-corrected chi connectivity index (χ4v) is 3.29. The molecule has 1 heterocycles. The Morgan fingerprint density at radius 3 is 2.61 bits per heavy atom. The number of carbonyl (C=O) groups excluding carboxylic acids is 1. The minimum Gasteiger partial charge on any atom is -0.493 e. The molecule has 0 saturated carbocycles. The van der Waals surface area contributed by atoms with Crippen molar-refractivity contribution in [2.45, 2.75) is 6.92 Å². The molecule has 8 nitrogen and oxygen atoms in total. The van der Waals surface area contributed by atoms with Gasteiger partial charge in [0.05, 0.1) is 11.4 Å². The van der Waals surface area contributed by atoms with Gasteiger partial charge in [-0.1, -0.05) is 42.5 Å². The Balaban J connectivity index is 1.82. The molecule has 1 amide bonds. The number of anilines is 1. The molecule has 1 aromatic heterocycles. The molecule has 8 heteroatoms. The van der Waals surface area contributed by atoms with Gasteiger partial charge in [-0.2, -0.15) is 0 Å². The lowest BCUT2D eigenvalue weighted by Crippen LogP contribution is -2.31. The molecule has 0 aliphatic heterocycles. The highest BCUT2D eigenvalue weighted by Gasteiger charge is 2.16. The van der Waals surface area contributed by atoms with Crippen LogP contribution in [0.1, 0.15) is 12.5 Å². The third-order valence-corrected chi connectivity index (χ3v) is 4.64. The number of aromatic hydroxyl groups is 1. The molecular weight excluding hydrogens is 396 g/mol. The molecule has 0 atom stereocenters. The van der Waals surface area contributed by atoms with E-state index in [1.807, 2.05) is 30.3 Å². The maximum absolute atomic E-state index is 12.5. The average molecular weight is 414 g/mol. The number of aromatic amines is 1. The van der Waals surface area contributed by atoms with E-state index in [-0.39, 0.29) is 11.5 Å². The average Bonchev–Trinajstić information content (AvgIpc) is 2.73. The minimum absolute atomic E-state index is 0.169. The summed E-state index contributed by atoms with van der Waals surface area (Å²) in [4.78, 5) is 42.6. The number of benzene rings is 3. The van der Waals surface area contributed by atoms with Crippen LogP contribution < -0.4 is 16.6 Å². The minimum atomic E-state index is -0.763. The largest absolute Gasteiger partial charge is 0.493 e. The van der Waals surface area contributed by atoms with Gasteiger partial charge < -0.3 is 10.4 Å². The summed E-state index contributed by atoms with van der Waals surface area (Å²) in [6.45, 7) is 1.39. The zero-order valence-electron chi connectivity index (χ0n) is 16.5. The first-order valence-corrected chi connectivity index (χ1v) is 9.42. The van der Waals surface area contributed by atoms with Crippen LogP contribution in [0.25, 0.3) is 16.5 Å². The molecule has 154 valence electrons. The van der Waals surface area contributed by atoms with E-state index in [1.165, 1.54) is 13.1 Å². The predicted molar refractivity (Wildman–Crippen MR) is 120 cm³/mol. The van der Waals surface area contributed by atoms with Crippen LogP contribution in [0.4, 0.5) is 11.4 Å². The summed E-state index contributed by atoms with van der Waals surface area (Å²) in [7, 11) is 0. The Kier molecular flexibility index (Phi) is 5.19. The highest BCUT2D eigenvalue weighted by Crippen LogP contribution is 2.25. The SMILES string of the molecule is CC(=O)Nc1cccc(N=Cc2c(O)n(-c3cccc4ccccc34)c(=O)[nH]c2=O)c1. The van der Waals surface area contributed by atoms with Gasteiger partial charge in [0, 0.05) is 24.2 Å². The van der Waals surface area contributed by atoms with E-state index in [0.29, 0.717) is 17.1 Å². The second-order valence-corrected chi connectivity index (χ2v) is 6.82. The molecule has 0 fully saturated rings. The van der Waals surface area contributed by atoms with E-state index in [0.717, 1.165) is 15.3 Å². The van der Waals surface area contributed by atoms with Crippen molar-refractivity contribution in [1.82, 2.24) is 9.55 Å². The quantitative estimate of drug-likeness (QED) is 0.445. The van der Waals surface area contributed by atoms with Gasteiger partial charge in [0.25, 0.3) is 5.56 Å². The summed E-state index contributed by atoms with van der Waals surface area (Å²) in [6, 6.07) is 19.4. The lowest BCUT2D eigenvalue weighted by molar-refractivity contribution is -0.114. The highest BCUT2D eigenvalue weighted by atomic mass is 16.3. The molecular formula is C23H18N4O4. The number of hydrogen-bond donors (Lipinski definition) is 3. The van der Waals surface area contributed by atoms with Crippen molar-refractivity contribution in [3.63, 3.8) is 0 Å². The van der Waals surface area contributed by atoms with E-state index >= 15 is 0 Å². The highest BCUT2D eigenvalue weighted by molar-refractivity contribution is 5.92. The first-order chi connectivity index (χ1) is 14.9. The van der Waals surface area contributed by atoms with Gasteiger partial charge in [-0.05, 0) is 29.7 Å². The van der Waals surface area contributed by atoms with Crippen molar-refractivity contribution in [3.05, 3.63) is 93.1 Å². The van der Waals surface area contributed by atoms with Crippen LogP contribution in [-0.2, 0) is 4.79 Å². The van der Waals surface area contributed by atoms with Crippen molar-refractivity contribution < 1.29 is 9.90 Å². The Morgan fingerprint density at radius 2 is 1.81 bits per heavy atom. The number of H-pyrrole nitrogens is 1. The first kappa shape index (κ1) is 19.8. The number of nitrogens with one attached hydrogen (secondary N) is 2. The normalized spacial score (nSPS) is 11.1. The van der Waals surface area contributed by atoms with Gasteiger partial charge in [0.15, 0.2) is 0 Å². The Labute approximate surface area is 176 Å². The van der Waals surface area contributed by atoms with Gasteiger partial charge in [0.2, 0.25) is 11.8 Å². The van der Waals surface area contributed by atoms with Crippen LogP contribution in [0.15, 0.2) is 81.3 Å². The van der Waals surface area contributed by atoms with Gasteiger partial charge in [-0.15, -0.1) is 0 Å². The molecule has 0 radical (unpaired) electrons. The van der Waals surface area contributed by atoms with Gasteiger partial charge in [0.1, 0.15) is 5.56 Å². The molecule has 4 rings (SSSR count). The van der Waals surface area contributed by atoms with Crippen LogP contribution in [0.2, 0.25) is 0 Å². The molecule has 0 unspecified atom stereocenters. The monoisotopic (exact) mass is 414 g/mol. The van der Waals surface area contributed by atoms with Crippen LogP contribution in [0.3, 0.4) is 0 Å². The summed E-state index contributed by atoms with van der Waals surface area (Å²) >= 11 is 0. The fraction of sp³-hybridized carbons (Fsp3) is 0.0435. The third-order valence-electron chi connectivity index (χ3n) is 4.64. The van der Waals surface area contributed by atoms with Gasteiger partial charge in [-0.25, -0.2) is 9.36 Å². The summed E-state index contributed by atoms with van der Waals surface area (Å²) in [5, 5.41) is 15.1. The van der Waals surface area contributed by atoms with E-state index in [9.17, 15) is 19.5 Å². The Hall–Kier alpha value is -4.46. The lowest BCUT2D eigenvalue weighted by atomic mass is 10.1. The molecule has 3 N–H and O–H groups in total. The number of fused-ring (bicyclic) bond motifs is 1. The molecule has 0 aliphatic rings. The van der Waals surface area contributed by atoms with E-state index in [1.54, 1.807) is 36.4 Å². The lowest BCUT2D eigenvalue weighted by Gasteiger charge is -2.12. The van der Waals surface area contributed by atoms with Crippen molar-refractivity contribution in [2.24, 2.45) is 4.99 Å². The molecule has 0 bridgehead atoms. The number of amides is 1. The maximum atomic E-state index is 12.5. The maximum Gasteiger partial charge on any atom is 0.335 e. The number of aromatic nitrogens is 2. The fourth-order valence-electron chi connectivity index (χ4n) is 3.29. The molecule has 3 aromatic carbocycles. The van der Waals surface area contributed by atoms with E-state index in [2.05, 4.69) is 15.3 Å². The zero-order chi connectivity index (χ0) is 22.0. The first-order valence-electron chi connectivity index (χ1n) is 9.42. The van der Waals surface area contributed by atoms with Crippen molar-refractivity contribution >= 4 is 34.3 Å². The summed E-state index contributed by atoms with van der Waals surface area (Å²) < 4.78 is 1.04. The molecule has 0 saturated heterocycles. The van der Waals surface area contributed by atoms with Crippen molar-refractivity contribution in [1.29, 1.82) is 0 Å². The standard InChI is InChI=1S/C23H18N4O4/c1-14(28)25-17-9-5-8-16(12-17)24-13-19-21(29)26-23(31)27(22(19)30)20-11-4-7-15-6-2-3-10-18(15)20/h2-13,30H,1H3,(H,25,28)(H,26,29,31). The second kappa shape index (κ2) is 8.11. The van der Waals surface area contributed by atoms with Crippen molar-refractivity contribution in [2.75, 3.05) is 5.32 Å². The number of nitrogens with zero attached hydrogens (tertiary/aromatic N) is 2. The van der Waals surface area contributed by atoms with Crippen LogP contribution in [0.5, 0.6) is 5.88 Å². The predicted octanol–water partition coefficient (Wildman–Crippen LogP) is 3.09. The zero-order valence-corrected chi connectivity index (χ0v) is 16.5. The van der Waals surface area contributed by atoms with E-state index in [4.69, 9.17) is 0 Å².